The minimum atomic E-state index is 0.353. The van der Waals surface area contributed by atoms with Crippen molar-refractivity contribution >= 4 is 34.6 Å². The molecule has 3 N–H and O–H groups in total. The highest BCUT2D eigenvalue weighted by Crippen LogP contribution is 2.27. The topological polar surface area (TPSA) is 72.5 Å². The molecule has 3 rings (SSSR count). The monoisotopic (exact) mass is 400 g/mol. The van der Waals surface area contributed by atoms with E-state index in [0.717, 1.165) is 28.4 Å². The highest BCUT2D eigenvalue weighted by molar-refractivity contribution is 7.09. The van der Waals surface area contributed by atoms with E-state index in [0.29, 0.717) is 23.3 Å². The Kier molecular flexibility index (Phi) is 6.32. The van der Waals surface area contributed by atoms with Gasteiger partial charge in [0.05, 0.1) is 22.8 Å². The Hall–Kier alpha value is -2.57. The highest BCUT2D eigenvalue weighted by Gasteiger charge is 2.04. The van der Waals surface area contributed by atoms with E-state index in [1.165, 1.54) is 5.56 Å². The molecular weight excluding hydrogens is 380 g/mol. The van der Waals surface area contributed by atoms with Crippen molar-refractivity contribution in [3.63, 3.8) is 0 Å². The summed E-state index contributed by atoms with van der Waals surface area (Å²) >= 11 is 7.77. The summed E-state index contributed by atoms with van der Waals surface area (Å²) in [5.41, 5.74) is 10.1. The average Bonchev–Trinajstić information content (AvgIpc) is 3.09. The molecule has 3 aromatic rings. The number of benzene rings is 2. The number of nitrogens with two attached hydrogens (primary N) is 1. The van der Waals surface area contributed by atoms with Gasteiger partial charge in [0.25, 0.3) is 0 Å². The molecule has 0 fully saturated rings. The smallest absolute Gasteiger partial charge is 0.193 e. The number of nitrogens with one attached hydrogen (secondary N) is 1. The number of anilines is 1. The lowest BCUT2D eigenvalue weighted by atomic mass is 10.1. The number of thiazole rings is 1. The van der Waals surface area contributed by atoms with Crippen molar-refractivity contribution in [2.45, 2.75) is 13.3 Å². The third-order valence-electron chi connectivity index (χ3n) is 3.98. The normalized spacial score (nSPS) is 11.4. The molecule has 0 saturated carbocycles. The average molecular weight is 401 g/mol. The minimum Gasteiger partial charge on any atom is -0.495 e. The second-order valence-electron chi connectivity index (χ2n) is 5.94. The molecule has 0 aliphatic carbocycles. The van der Waals surface area contributed by atoms with Gasteiger partial charge >= 0.3 is 0 Å². The van der Waals surface area contributed by atoms with Crippen LogP contribution < -0.4 is 15.8 Å². The molecule has 0 unspecified atom stereocenters. The Morgan fingerprint density at radius 1 is 1.26 bits per heavy atom. The van der Waals surface area contributed by atoms with Crippen LogP contribution in [0.25, 0.3) is 11.3 Å². The number of hydrogen-bond acceptors (Lipinski definition) is 4. The van der Waals surface area contributed by atoms with Crippen molar-refractivity contribution in [1.82, 2.24) is 4.98 Å². The predicted octanol–water partition coefficient (Wildman–Crippen LogP) is 4.75. The fourth-order valence-corrected chi connectivity index (χ4v) is 3.45. The van der Waals surface area contributed by atoms with Crippen LogP contribution in [0.15, 0.2) is 52.8 Å². The van der Waals surface area contributed by atoms with Crippen LogP contribution in [0.2, 0.25) is 5.02 Å². The first-order valence-electron chi connectivity index (χ1n) is 8.47. The maximum Gasteiger partial charge on any atom is 0.193 e. The molecule has 0 radical (unpaired) electrons. The number of aryl methyl sites for hydroxylation is 1. The van der Waals surface area contributed by atoms with Gasteiger partial charge in [-0.3, -0.25) is 4.99 Å². The van der Waals surface area contributed by atoms with E-state index in [2.05, 4.69) is 44.9 Å². The van der Waals surface area contributed by atoms with Gasteiger partial charge in [-0.05, 0) is 37.1 Å². The first-order valence-corrected chi connectivity index (χ1v) is 9.73. The SMILES string of the molecule is COc1ccc(NC(N)=NCCc2ccc(-c3csc(C)n3)cc2)cc1Cl. The summed E-state index contributed by atoms with van der Waals surface area (Å²) in [7, 11) is 1.58. The number of hydrogen-bond donors (Lipinski definition) is 2. The second-order valence-corrected chi connectivity index (χ2v) is 7.41. The first kappa shape index (κ1) is 19.2. The molecular formula is C20H21ClN4OS. The number of guanidine groups is 1. The number of aliphatic imine (C=N–C) groups is 1. The van der Waals surface area contributed by atoms with Crippen LogP contribution in [0.5, 0.6) is 5.75 Å². The summed E-state index contributed by atoms with van der Waals surface area (Å²) < 4.78 is 5.13. The third-order valence-corrected chi connectivity index (χ3v) is 5.04. The lowest BCUT2D eigenvalue weighted by Gasteiger charge is -2.08. The Labute approximate surface area is 167 Å². The largest absolute Gasteiger partial charge is 0.495 e. The van der Waals surface area contributed by atoms with Crippen molar-refractivity contribution in [2.75, 3.05) is 19.0 Å². The third kappa shape index (κ3) is 5.21. The molecule has 0 saturated heterocycles. The van der Waals surface area contributed by atoms with E-state index in [1.807, 2.05) is 13.0 Å². The summed E-state index contributed by atoms with van der Waals surface area (Å²) in [5, 5.41) is 6.70. The Morgan fingerprint density at radius 2 is 2.04 bits per heavy atom. The van der Waals surface area contributed by atoms with Gasteiger partial charge in [-0.25, -0.2) is 4.98 Å². The van der Waals surface area contributed by atoms with E-state index in [-0.39, 0.29) is 0 Å². The van der Waals surface area contributed by atoms with Crippen LogP contribution in [0.4, 0.5) is 5.69 Å². The quantitative estimate of drug-likeness (QED) is 0.462. The molecule has 7 heteroatoms. The molecule has 27 heavy (non-hydrogen) atoms. The second kappa shape index (κ2) is 8.88. The van der Waals surface area contributed by atoms with Crippen LogP contribution in [0, 0.1) is 6.92 Å². The van der Waals surface area contributed by atoms with E-state index in [4.69, 9.17) is 22.1 Å². The van der Waals surface area contributed by atoms with Gasteiger partial charge in [0.1, 0.15) is 5.75 Å². The summed E-state index contributed by atoms with van der Waals surface area (Å²) in [4.78, 5) is 8.88. The van der Waals surface area contributed by atoms with Gasteiger partial charge in [-0.2, -0.15) is 0 Å². The van der Waals surface area contributed by atoms with Crippen molar-refractivity contribution in [3.05, 3.63) is 63.4 Å². The van der Waals surface area contributed by atoms with Gasteiger partial charge in [0.15, 0.2) is 5.96 Å². The molecule has 0 aliphatic rings. The molecule has 0 atom stereocenters. The lowest BCUT2D eigenvalue weighted by molar-refractivity contribution is 0.415. The zero-order valence-corrected chi connectivity index (χ0v) is 16.8. The number of aromatic nitrogens is 1. The maximum atomic E-state index is 6.11. The van der Waals surface area contributed by atoms with Crippen LogP contribution in [-0.4, -0.2) is 24.6 Å². The van der Waals surface area contributed by atoms with Crippen molar-refractivity contribution < 1.29 is 4.74 Å². The number of nitrogens with zero attached hydrogens (tertiary/aromatic N) is 2. The fourth-order valence-electron chi connectivity index (χ4n) is 2.58. The van der Waals surface area contributed by atoms with Gasteiger partial charge in [-0.1, -0.05) is 35.9 Å². The zero-order valence-electron chi connectivity index (χ0n) is 15.2. The summed E-state index contributed by atoms with van der Waals surface area (Å²) in [5.74, 6) is 0.972. The number of methoxy groups -OCH3 is 1. The minimum absolute atomic E-state index is 0.353. The standard InChI is InChI=1S/C20H21ClN4OS/c1-13-24-18(12-27-13)15-5-3-14(4-6-15)9-10-23-20(22)25-16-7-8-19(26-2)17(21)11-16/h3-8,11-12H,9-10H2,1-2H3,(H3,22,23,25). The van der Waals surface area contributed by atoms with Gasteiger partial charge < -0.3 is 15.8 Å². The number of ether oxygens (including phenoxy) is 1. The first-order chi connectivity index (χ1) is 13.0. The van der Waals surface area contributed by atoms with E-state index in [9.17, 15) is 0 Å². The van der Waals surface area contributed by atoms with Gasteiger partial charge in [-0.15, -0.1) is 11.3 Å². The van der Waals surface area contributed by atoms with Crippen molar-refractivity contribution in [2.24, 2.45) is 10.7 Å². The fraction of sp³-hybridized carbons (Fsp3) is 0.200. The van der Waals surface area contributed by atoms with Crippen LogP contribution in [-0.2, 0) is 6.42 Å². The Bertz CT molecular complexity index is 937. The van der Waals surface area contributed by atoms with Crippen LogP contribution in [0.3, 0.4) is 0 Å². The van der Waals surface area contributed by atoms with Crippen LogP contribution in [0.1, 0.15) is 10.6 Å². The summed E-state index contributed by atoms with van der Waals surface area (Å²) in [6, 6.07) is 13.8. The van der Waals surface area contributed by atoms with Gasteiger partial charge in [0, 0.05) is 23.2 Å². The molecule has 140 valence electrons. The summed E-state index contributed by atoms with van der Waals surface area (Å²) in [6.45, 7) is 2.61. The maximum absolute atomic E-state index is 6.11. The lowest BCUT2D eigenvalue weighted by Crippen LogP contribution is -2.23. The van der Waals surface area contributed by atoms with Crippen LogP contribution >= 0.6 is 22.9 Å². The molecule has 0 bridgehead atoms. The van der Waals surface area contributed by atoms with E-state index in [1.54, 1.807) is 30.6 Å². The molecule has 0 aliphatic heterocycles. The van der Waals surface area contributed by atoms with Crippen molar-refractivity contribution in [1.29, 1.82) is 0 Å². The summed E-state index contributed by atoms with van der Waals surface area (Å²) in [6.07, 6.45) is 0.808. The van der Waals surface area contributed by atoms with Crippen molar-refractivity contribution in [3.8, 4) is 17.0 Å². The number of halogens is 1. The van der Waals surface area contributed by atoms with Gasteiger partial charge in [0.2, 0.25) is 0 Å². The molecule has 1 heterocycles. The Morgan fingerprint density at radius 3 is 2.67 bits per heavy atom. The molecule has 1 aromatic heterocycles. The molecule has 5 nitrogen and oxygen atoms in total. The predicted molar refractivity (Wildman–Crippen MR) is 114 cm³/mol. The highest BCUT2D eigenvalue weighted by atomic mass is 35.5. The van der Waals surface area contributed by atoms with E-state index >= 15 is 0 Å². The molecule has 0 spiro atoms. The molecule has 0 amide bonds. The zero-order chi connectivity index (χ0) is 19.2. The number of rotatable bonds is 6. The Balaban J connectivity index is 1.54. The van der Waals surface area contributed by atoms with E-state index < -0.39 is 0 Å². The molecule has 2 aromatic carbocycles.